The average molecular weight is 258 g/mol. The summed E-state index contributed by atoms with van der Waals surface area (Å²) in [6, 6.07) is 12.0. The zero-order valence-corrected chi connectivity index (χ0v) is 10.3. The third-order valence-corrected chi connectivity index (χ3v) is 2.83. The van der Waals surface area contributed by atoms with Crippen LogP contribution in [0.3, 0.4) is 0 Å². The van der Waals surface area contributed by atoms with Gasteiger partial charge in [-0.2, -0.15) is 5.26 Å². The largest absolute Gasteiger partial charge is 0.378 e. The van der Waals surface area contributed by atoms with Gasteiger partial charge >= 0.3 is 0 Å². The second-order valence-electron chi connectivity index (χ2n) is 4.19. The van der Waals surface area contributed by atoms with Crippen LogP contribution in [0.5, 0.6) is 0 Å². The maximum absolute atomic E-state index is 13.6. The van der Waals surface area contributed by atoms with Crippen LogP contribution in [0.15, 0.2) is 42.5 Å². The van der Waals surface area contributed by atoms with E-state index in [-0.39, 0.29) is 5.56 Å². The van der Waals surface area contributed by atoms with E-state index in [1.165, 1.54) is 18.2 Å². The van der Waals surface area contributed by atoms with Crippen molar-refractivity contribution in [3.63, 3.8) is 0 Å². The molecule has 0 bridgehead atoms. The number of anilines is 1. The van der Waals surface area contributed by atoms with Gasteiger partial charge in [0.1, 0.15) is 11.6 Å². The Labute approximate surface area is 110 Å². The van der Waals surface area contributed by atoms with Crippen LogP contribution in [0.25, 0.3) is 0 Å². The number of hydrogen-bond donors (Lipinski definition) is 1. The summed E-state index contributed by atoms with van der Waals surface area (Å²) in [7, 11) is 0. The Balaban J connectivity index is 2.21. The highest BCUT2D eigenvalue weighted by Crippen LogP contribution is 2.24. The van der Waals surface area contributed by atoms with Crippen molar-refractivity contribution in [3.8, 4) is 6.07 Å². The fourth-order valence-electron chi connectivity index (χ4n) is 1.89. The number of nitrogens with one attached hydrogen (secondary N) is 1. The molecule has 0 saturated heterocycles. The van der Waals surface area contributed by atoms with Crippen molar-refractivity contribution < 1.29 is 8.78 Å². The summed E-state index contributed by atoms with van der Waals surface area (Å²) < 4.78 is 27.2. The second kappa shape index (κ2) is 5.49. The Morgan fingerprint density at radius 1 is 1.05 bits per heavy atom. The molecule has 1 unspecified atom stereocenters. The van der Waals surface area contributed by atoms with Gasteiger partial charge in [0.2, 0.25) is 0 Å². The van der Waals surface area contributed by atoms with Crippen molar-refractivity contribution in [2.24, 2.45) is 0 Å². The van der Waals surface area contributed by atoms with Crippen LogP contribution in [0.1, 0.15) is 24.1 Å². The van der Waals surface area contributed by atoms with Gasteiger partial charge in [0.15, 0.2) is 0 Å². The minimum atomic E-state index is -0.575. The lowest BCUT2D eigenvalue weighted by Crippen LogP contribution is -2.10. The van der Waals surface area contributed by atoms with Crippen molar-refractivity contribution in [2.45, 2.75) is 13.0 Å². The standard InChI is InChI=1S/C15H12F2N2/c1-10(15-13(16)3-2-4-14(15)17)19-12-7-5-11(9-18)6-8-12/h2-8,10,19H,1H3. The van der Waals surface area contributed by atoms with Crippen LogP contribution >= 0.6 is 0 Å². The van der Waals surface area contributed by atoms with Gasteiger partial charge in [-0.05, 0) is 43.3 Å². The van der Waals surface area contributed by atoms with Crippen LogP contribution in [-0.2, 0) is 0 Å². The molecular weight excluding hydrogens is 246 g/mol. The van der Waals surface area contributed by atoms with Gasteiger partial charge in [-0.25, -0.2) is 8.78 Å². The first-order valence-electron chi connectivity index (χ1n) is 5.82. The molecule has 0 aliphatic rings. The molecule has 19 heavy (non-hydrogen) atoms. The highest BCUT2D eigenvalue weighted by atomic mass is 19.1. The number of nitrogens with zero attached hydrogens (tertiary/aromatic N) is 1. The van der Waals surface area contributed by atoms with Crippen molar-refractivity contribution in [2.75, 3.05) is 5.32 Å². The molecule has 2 nitrogen and oxygen atoms in total. The molecular formula is C15H12F2N2. The van der Waals surface area contributed by atoms with E-state index >= 15 is 0 Å². The number of hydrogen-bond acceptors (Lipinski definition) is 2. The fraction of sp³-hybridized carbons (Fsp3) is 0.133. The van der Waals surface area contributed by atoms with Gasteiger partial charge in [-0.3, -0.25) is 0 Å². The Morgan fingerprint density at radius 2 is 1.63 bits per heavy atom. The third-order valence-electron chi connectivity index (χ3n) is 2.83. The molecule has 0 fully saturated rings. The second-order valence-corrected chi connectivity index (χ2v) is 4.19. The smallest absolute Gasteiger partial charge is 0.131 e. The highest BCUT2D eigenvalue weighted by molar-refractivity contribution is 5.49. The predicted octanol–water partition coefficient (Wildman–Crippen LogP) is 4.01. The molecule has 0 saturated carbocycles. The van der Waals surface area contributed by atoms with Crippen LogP contribution < -0.4 is 5.32 Å². The van der Waals surface area contributed by atoms with Gasteiger partial charge in [-0.15, -0.1) is 0 Å². The van der Waals surface area contributed by atoms with Crippen molar-refractivity contribution >= 4 is 5.69 Å². The van der Waals surface area contributed by atoms with Gasteiger partial charge in [0.05, 0.1) is 17.7 Å². The van der Waals surface area contributed by atoms with Crippen molar-refractivity contribution in [3.05, 3.63) is 65.2 Å². The van der Waals surface area contributed by atoms with Gasteiger partial charge in [0.25, 0.3) is 0 Å². The summed E-state index contributed by atoms with van der Waals surface area (Å²) in [6.07, 6.45) is 0. The molecule has 0 spiro atoms. The molecule has 0 aliphatic heterocycles. The first-order valence-corrected chi connectivity index (χ1v) is 5.82. The summed E-state index contributed by atoms with van der Waals surface area (Å²) in [5, 5.41) is 11.7. The number of halogens is 2. The fourth-order valence-corrected chi connectivity index (χ4v) is 1.89. The Kier molecular flexibility index (Phi) is 3.76. The maximum atomic E-state index is 13.6. The van der Waals surface area contributed by atoms with Crippen LogP contribution in [0.2, 0.25) is 0 Å². The number of nitriles is 1. The topological polar surface area (TPSA) is 35.8 Å². The maximum Gasteiger partial charge on any atom is 0.131 e. The van der Waals surface area contributed by atoms with Crippen LogP contribution in [-0.4, -0.2) is 0 Å². The molecule has 0 heterocycles. The summed E-state index contributed by atoms with van der Waals surface area (Å²) >= 11 is 0. The summed E-state index contributed by atoms with van der Waals surface area (Å²) in [5.41, 5.74) is 1.25. The van der Waals surface area contributed by atoms with Gasteiger partial charge in [0, 0.05) is 11.3 Å². The Hall–Kier alpha value is -2.41. The average Bonchev–Trinajstić information content (AvgIpc) is 2.39. The molecule has 96 valence electrons. The first-order chi connectivity index (χ1) is 9.11. The lowest BCUT2D eigenvalue weighted by Gasteiger charge is -2.17. The molecule has 2 rings (SSSR count). The lowest BCUT2D eigenvalue weighted by molar-refractivity contribution is 0.544. The van der Waals surface area contributed by atoms with E-state index in [0.29, 0.717) is 11.3 Å². The first kappa shape index (κ1) is 13.0. The quantitative estimate of drug-likeness (QED) is 0.902. The van der Waals surface area contributed by atoms with E-state index in [4.69, 9.17) is 5.26 Å². The zero-order chi connectivity index (χ0) is 13.8. The van der Waals surface area contributed by atoms with Crippen molar-refractivity contribution in [1.29, 1.82) is 5.26 Å². The predicted molar refractivity (Wildman–Crippen MR) is 69.6 cm³/mol. The number of rotatable bonds is 3. The normalized spacial score (nSPS) is 11.7. The molecule has 0 aliphatic carbocycles. The Bertz CT molecular complexity index is 595. The SMILES string of the molecule is CC(Nc1ccc(C#N)cc1)c1c(F)cccc1F. The summed E-state index contributed by atoms with van der Waals surface area (Å²) in [6.45, 7) is 1.68. The molecule has 0 radical (unpaired) electrons. The van der Waals surface area contributed by atoms with Gasteiger partial charge in [-0.1, -0.05) is 6.07 Å². The Morgan fingerprint density at radius 3 is 2.16 bits per heavy atom. The minimum Gasteiger partial charge on any atom is -0.378 e. The van der Waals surface area contributed by atoms with E-state index in [1.807, 2.05) is 6.07 Å². The van der Waals surface area contributed by atoms with Crippen LogP contribution in [0, 0.1) is 23.0 Å². The molecule has 1 N–H and O–H groups in total. The summed E-state index contributed by atoms with van der Waals surface area (Å²) in [4.78, 5) is 0. The summed E-state index contributed by atoms with van der Waals surface area (Å²) in [5.74, 6) is -1.15. The molecule has 0 amide bonds. The van der Waals surface area contributed by atoms with Crippen molar-refractivity contribution in [1.82, 2.24) is 0 Å². The van der Waals surface area contributed by atoms with E-state index in [1.54, 1.807) is 31.2 Å². The zero-order valence-electron chi connectivity index (χ0n) is 10.3. The van der Waals surface area contributed by atoms with E-state index in [0.717, 1.165) is 0 Å². The lowest BCUT2D eigenvalue weighted by atomic mass is 10.1. The molecule has 0 aromatic heterocycles. The van der Waals surface area contributed by atoms with E-state index < -0.39 is 17.7 Å². The minimum absolute atomic E-state index is 0.00635. The molecule has 4 heteroatoms. The highest BCUT2D eigenvalue weighted by Gasteiger charge is 2.15. The molecule has 2 aromatic rings. The number of benzene rings is 2. The third kappa shape index (κ3) is 2.89. The van der Waals surface area contributed by atoms with Crippen LogP contribution in [0.4, 0.5) is 14.5 Å². The van der Waals surface area contributed by atoms with E-state index in [2.05, 4.69) is 5.32 Å². The molecule has 1 atom stereocenters. The van der Waals surface area contributed by atoms with E-state index in [9.17, 15) is 8.78 Å². The molecule has 2 aromatic carbocycles. The monoisotopic (exact) mass is 258 g/mol. The van der Waals surface area contributed by atoms with Gasteiger partial charge < -0.3 is 5.32 Å².